The van der Waals surface area contributed by atoms with Gasteiger partial charge in [-0.25, -0.2) is 0 Å². The van der Waals surface area contributed by atoms with Gasteiger partial charge in [0.05, 0.1) is 5.02 Å². The van der Waals surface area contributed by atoms with Crippen LogP contribution in [0.1, 0.15) is 6.92 Å². The quantitative estimate of drug-likeness (QED) is 0.595. The van der Waals surface area contributed by atoms with Gasteiger partial charge in [0.15, 0.2) is 11.5 Å². The predicted octanol–water partition coefficient (Wildman–Crippen LogP) is 3.19. The van der Waals surface area contributed by atoms with Crippen molar-refractivity contribution in [1.82, 2.24) is 0 Å². The number of aliphatic carboxylic acids is 1. The molecule has 0 aliphatic carbocycles. The van der Waals surface area contributed by atoms with Crippen molar-refractivity contribution in [1.29, 1.82) is 0 Å². The Balaban J connectivity index is 0.000000346. The second kappa shape index (κ2) is 6.18. The number of hydrogen-bond acceptors (Lipinski definition) is 2. The molecule has 0 fully saturated rings. The van der Waals surface area contributed by atoms with Gasteiger partial charge < -0.3 is 9.84 Å². The van der Waals surface area contributed by atoms with E-state index in [1.54, 1.807) is 6.07 Å². The van der Waals surface area contributed by atoms with Crippen LogP contribution in [0.25, 0.3) is 0 Å². The molecule has 7 heteroatoms. The third-order valence-electron chi connectivity index (χ3n) is 1.30. The minimum absolute atomic E-state index is 0. The Labute approximate surface area is 124 Å². The second-order valence-electron chi connectivity index (χ2n) is 2.44. The SMILES string of the molecule is CC(=O)O.Clc1c2cc(c(Cl)c1Cl)O2.[NaH]. The van der Waals surface area contributed by atoms with Gasteiger partial charge in [-0.05, 0) is 0 Å². The maximum absolute atomic E-state index is 9.00. The van der Waals surface area contributed by atoms with E-state index in [2.05, 4.69) is 0 Å². The number of halogens is 3. The van der Waals surface area contributed by atoms with Crippen molar-refractivity contribution in [2.45, 2.75) is 6.92 Å². The van der Waals surface area contributed by atoms with Gasteiger partial charge in [0.25, 0.3) is 5.97 Å². The van der Waals surface area contributed by atoms with Crippen LogP contribution in [-0.2, 0) is 4.79 Å². The van der Waals surface area contributed by atoms with E-state index in [1.807, 2.05) is 0 Å². The molecular formula is C8H6Cl3NaO3. The van der Waals surface area contributed by atoms with Gasteiger partial charge >= 0.3 is 29.6 Å². The van der Waals surface area contributed by atoms with Gasteiger partial charge in [0.2, 0.25) is 0 Å². The summed E-state index contributed by atoms with van der Waals surface area (Å²) in [4.78, 5) is 9.00. The fourth-order valence-electron chi connectivity index (χ4n) is 0.767. The molecule has 1 aromatic carbocycles. The van der Waals surface area contributed by atoms with Gasteiger partial charge in [-0.1, -0.05) is 34.8 Å². The summed E-state index contributed by atoms with van der Waals surface area (Å²) in [7, 11) is 0. The summed E-state index contributed by atoms with van der Waals surface area (Å²) in [5, 5.41) is 8.57. The number of ether oxygens (including phenoxy) is 1. The molecule has 0 spiro atoms. The van der Waals surface area contributed by atoms with Crippen LogP contribution in [0.4, 0.5) is 0 Å². The van der Waals surface area contributed by atoms with Crippen LogP contribution >= 0.6 is 34.8 Å². The molecule has 2 heterocycles. The van der Waals surface area contributed by atoms with E-state index < -0.39 is 5.97 Å². The van der Waals surface area contributed by atoms with E-state index in [0.29, 0.717) is 26.6 Å². The average Bonchev–Trinajstić information content (AvgIpc) is 1.95. The van der Waals surface area contributed by atoms with Crippen LogP contribution in [0.2, 0.25) is 15.1 Å². The summed E-state index contributed by atoms with van der Waals surface area (Å²) in [6.07, 6.45) is 0. The van der Waals surface area contributed by atoms with Crippen LogP contribution in [0.5, 0.6) is 11.5 Å². The van der Waals surface area contributed by atoms with E-state index in [9.17, 15) is 0 Å². The summed E-state index contributed by atoms with van der Waals surface area (Å²) >= 11 is 17.1. The average molecular weight is 279 g/mol. The first kappa shape index (κ1) is 15.4. The minimum atomic E-state index is -0.833. The van der Waals surface area contributed by atoms with Gasteiger partial charge in [-0.3, -0.25) is 4.79 Å². The van der Waals surface area contributed by atoms with Gasteiger partial charge in [-0.15, -0.1) is 0 Å². The number of benzene rings is 1. The van der Waals surface area contributed by atoms with Crippen LogP contribution in [0, 0.1) is 0 Å². The second-order valence-corrected chi connectivity index (χ2v) is 3.57. The first-order valence-electron chi connectivity index (χ1n) is 3.48. The summed E-state index contributed by atoms with van der Waals surface area (Å²) in [6.45, 7) is 1.08. The number of hydrogen-bond donors (Lipinski definition) is 1. The van der Waals surface area contributed by atoms with E-state index in [-0.39, 0.29) is 29.6 Å². The monoisotopic (exact) mass is 278 g/mol. The predicted molar refractivity (Wildman–Crippen MR) is 62.0 cm³/mol. The number of carboxylic acids is 1. The van der Waals surface area contributed by atoms with Crippen molar-refractivity contribution in [3.63, 3.8) is 0 Å². The molecule has 78 valence electrons. The molecule has 0 radical (unpaired) electrons. The molecule has 3 rings (SSSR count). The Morgan fingerprint density at radius 2 is 1.47 bits per heavy atom. The molecule has 1 N–H and O–H groups in total. The zero-order valence-electron chi connectivity index (χ0n) is 6.97. The summed E-state index contributed by atoms with van der Waals surface area (Å²) in [5.41, 5.74) is 0. The van der Waals surface area contributed by atoms with Crippen LogP contribution < -0.4 is 4.74 Å². The molecule has 2 aliphatic rings. The van der Waals surface area contributed by atoms with Crippen molar-refractivity contribution >= 4 is 70.3 Å². The Kier molecular flexibility index (Phi) is 6.33. The van der Waals surface area contributed by atoms with Crippen molar-refractivity contribution < 1.29 is 14.6 Å². The standard InChI is InChI=1S/C6HCl3O.C2H4O2.Na.H/c7-4-2-1-3(10-2)5(8)6(4)9;1-2(3)4;;/h1H;1H3,(H,3,4);;. The summed E-state index contributed by atoms with van der Waals surface area (Å²) in [5.74, 6) is 0.372. The Morgan fingerprint density at radius 1 is 1.20 bits per heavy atom. The third-order valence-corrected chi connectivity index (χ3v) is 2.62. The van der Waals surface area contributed by atoms with E-state index in [4.69, 9.17) is 49.4 Å². The van der Waals surface area contributed by atoms with Crippen LogP contribution in [0.15, 0.2) is 6.07 Å². The van der Waals surface area contributed by atoms with Gasteiger partial charge in [0.1, 0.15) is 10.0 Å². The number of rotatable bonds is 0. The van der Waals surface area contributed by atoms with Crippen molar-refractivity contribution in [2.24, 2.45) is 0 Å². The first-order valence-corrected chi connectivity index (χ1v) is 4.61. The van der Waals surface area contributed by atoms with E-state index in [0.717, 1.165) is 6.92 Å². The molecule has 0 saturated heterocycles. The topological polar surface area (TPSA) is 46.5 Å². The molecule has 0 unspecified atom stereocenters. The first-order chi connectivity index (χ1) is 6.43. The van der Waals surface area contributed by atoms with Crippen LogP contribution in [-0.4, -0.2) is 40.6 Å². The molecule has 1 aromatic rings. The molecule has 0 saturated carbocycles. The van der Waals surface area contributed by atoms with Crippen LogP contribution in [0.3, 0.4) is 0 Å². The Bertz CT molecular complexity index is 359. The Hall–Kier alpha value is 0.360. The van der Waals surface area contributed by atoms with Crippen molar-refractivity contribution in [2.75, 3.05) is 0 Å². The molecule has 2 bridgehead atoms. The van der Waals surface area contributed by atoms with Crippen molar-refractivity contribution in [3.05, 3.63) is 21.1 Å². The summed E-state index contributed by atoms with van der Waals surface area (Å²) in [6, 6.07) is 1.75. The van der Waals surface area contributed by atoms with Gasteiger partial charge in [-0.2, -0.15) is 0 Å². The third kappa shape index (κ3) is 3.70. The molecule has 0 atom stereocenters. The van der Waals surface area contributed by atoms with Gasteiger partial charge in [0, 0.05) is 13.0 Å². The Morgan fingerprint density at radius 3 is 1.67 bits per heavy atom. The fraction of sp³-hybridized carbons (Fsp3) is 0.125. The maximum atomic E-state index is 9.00. The summed E-state index contributed by atoms with van der Waals surface area (Å²) < 4.78 is 5.00. The molecule has 0 aromatic heterocycles. The molecule has 15 heavy (non-hydrogen) atoms. The molecule has 2 aliphatic heterocycles. The van der Waals surface area contributed by atoms with E-state index in [1.165, 1.54) is 0 Å². The molecule has 0 amide bonds. The van der Waals surface area contributed by atoms with Crippen molar-refractivity contribution in [3.8, 4) is 11.5 Å². The zero-order chi connectivity index (χ0) is 10.9. The van der Waals surface area contributed by atoms with E-state index >= 15 is 0 Å². The molecule has 3 nitrogen and oxygen atoms in total. The number of carboxylic acid groups (broad SMARTS) is 1. The fourth-order valence-corrected chi connectivity index (χ4v) is 1.38. The number of carbonyl (C=O) groups is 1. The number of fused-ring (bicyclic) bond motifs is 2. The zero-order valence-corrected chi connectivity index (χ0v) is 9.24. The normalized spacial score (nSPS) is 9.87. The molecular weight excluding hydrogens is 273 g/mol.